The van der Waals surface area contributed by atoms with Crippen molar-refractivity contribution in [1.82, 2.24) is 10.6 Å². The van der Waals surface area contributed by atoms with E-state index in [4.69, 9.17) is 0 Å². The van der Waals surface area contributed by atoms with Crippen molar-refractivity contribution < 1.29 is 14.7 Å². The van der Waals surface area contributed by atoms with Crippen LogP contribution in [-0.4, -0.2) is 40.7 Å². The molecule has 0 aromatic rings. The zero-order valence-corrected chi connectivity index (χ0v) is 10.5. The standard InChI is InChI=1S/C11H18N2O3S/c14-5-7-3-1-2-4-8(7)12-10(15)9-6-17-11(16)13-9/h7-9,14H,1-6H2,(H,12,15)(H,13,16). The van der Waals surface area contributed by atoms with Gasteiger partial charge < -0.3 is 15.7 Å². The van der Waals surface area contributed by atoms with Crippen LogP contribution in [0.15, 0.2) is 0 Å². The molecule has 1 aliphatic heterocycles. The van der Waals surface area contributed by atoms with Gasteiger partial charge in [0.15, 0.2) is 0 Å². The zero-order chi connectivity index (χ0) is 12.3. The van der Waals surface area contributed by atoms with E-state index in [1.807, 2.05) is 0 Å². The van der Waals surface area contributed by atoms with Gasteiger partial charge in [-0.3, -0.25) is 9.59 Å². The van der Waals surface area contributed by atoms with Gasteiger partial charge in [-0.1, -0.05) is 24.6 Å². The highest BCUT2D eigenvalue weighted by Crippen LogP contribution is 2.24. The van der Waals surface area contributed by atoms with Gasteiger partial charge in [0.25, 0.3) is 5.24 Å². The summed E-state index contributed by atoms with van der Waals surface area (Å²) in [4.78, 5) is 22.9. The van der Waals surface area contributed by atoms with Crippen molar-refractivity contribution in [1.29, 1.82) is 0 Å². The third kappa shape index (κ3) is 3.13. The highest BCUT2D eigenvalue weighted by atomic mass is 32.2. The number of aliphatic hydroxyl groups excluding tert-OH is 1. The van der Waals surface area contributed by atoms with Gasteiger partial charge in [-0.15, -0.1) is 0 Å². The first-order valence-corrected chi connectivity index (χ1v) is 7.04. The fourth-order valence-electron chi connectivity index (χ4n) is 2.43. The second-order valence-electron chi connectivity index (χ2n) is 4.64. The van der Waals surface area contributed by atoms with Crippen molar-refractivity contribution >= 4 is 22.9 Å². The van der Waals surface area contributed by atoms with Crippen molar-refractivity contribution in [3.63, 3.8) is 0 Å². The molecule has 0 spiro atoms. The minimum atomic E-state index is -0.409. The highest BCUT2D eigenvalue weighted by Gasteiger charge is 2.32. The Kier molecular flexibility index (Phi) is 4.28. The Morgan fingerprint density at radius 1 is 1.47 bits per heavy atom. The maximum Gasteiger partial charge on any atom is 0.279 e. The molecule has 0 aromatic heterocycles. The normalized spacial score (nSPS) is 33.2. The molecule has 1 aliphatic carbocycles. The molecule has 2 aliphatic rings. The number of hydrogen-bond donors (Lipinski definition) is 3. The Morgan fingerprint density at radius 3 is 2.88 bits per heavy atom. The number of thioether (sulfide) groups is 1. The largest absolute Gasteiger partial charge is 0.396 e. The molecule has 1 heterocycles. The van der Waals surface area contributed by atoms with E-state index in [0.29, 0.717) is 5.75 Å². The maximum atomic E-state index is 11.9. The fourth-order valence-corrected chi connectivity index (χ4v) is 3.20. The van der Waals surface area contributed by atoms with Crippen LogP contribution in [0.5, 0.6) is 0 Å². The summed E-state index contributed by atoms with van der Waals surface area (Å²) in [6, 6.07) is -0.350. The van der Waals surface area contributed by atoms with E-state index < -0.39 is 6.04 Å². The minimum absolute atomic E-state index is 0.0590. The van der Waals surface area contributed by atoms with Crippen LogP contribution in [0.1, 0.15) is 25.7 Å². The second-order valence-corrected chi connectivity index (χ2v) is 5.63. The molecular formula is C11H18N2O3S. The first kappa shape index (κ1) is 12.7. The SMILES string of the molecule is O=C1NC(C(=O)NC2CCCCC2CO)CS1. The summed E-state index contributed by atoms with van der Waals surface area (Å²) in [5.74, 6) is 0.549. The summed E-state index contributed by atoms with van der Waals surface area (Å²) < 4.78 is 0. The first-order chi connectivity index (χ1) is 8.20. The topological polar surface area (TPSA) is 78.4 Å². The highest BCUT2D eigenvalue weighted by molar-refractivity contribution is 8.14. The predicted octanol–water partition coefficient (Wildman–Crippen LogP) is 0.479. The van der Waals surface area contributed by atoms with Gasteiger partial charge in [-0.25, -0.2) is 0 Å². The summed E-state index contributed by atoms with van der Waals surface area (Å²) >= 11 is 1.14. The second kappa shape index (κ2) is 5.73. The molecule has 0 radical (unpaired) electrons. The monoisotopic (exact) mass is 258 g/mol. The number of nitrogens with one attached hydrogen (secondary N) is 2. The van der Waals surface area contributed by atoms with E-state index in [9.17, 15) is 14.7 Å². The average molecular weight is 258 g/mol. The number of aliphatic hydroxyl groups is 1. The molecule has 3 unspecified atom stereocenters. The molecule has 2 fully saturated rings. The molecule has 6 heteroatoms. The zero-order valence-electron chi connectivity index (χ0n) is 9.65. The lowest BCUT2D eigenvalue weighted by atomic mass is 9.85. The molecule has 17 heavy (non-hydrogen) atoms. The van der Waals surface area contributed by atoms with Crippen LogP contribution in [0.3, 0.4) is 0 Å². The van der Waals surface area contributed by atoms with Crippen LogP contribution in [0, 0.1) is 5.92 Å². The molecule has 3 N–H and O–H groups in total. The third-order valence-electron chi connectivity index (χ3n) is 3.46. The van der Waals surface area contributed by atoms with E-state index in [0.717, 1.165) is 37.4 Å². The van der Waals surface area contributed by atoms with Gasteiger partial charge in [0, 0.05) is 24.3 Å². The van der Waals surface area contributed by atoms with E-state index in [1.54, 1.807) is 0 Å². The van der Waals surface area contributed by atoms with Gasteiger partial charge in [0.2, 0.25) is 5.91 Å². The Balaban J connectivity index is 1.86. The summed E-state index contributed by atoms with van der Waals surface area (Å²) in [5.41, 5.74) is 0. The van der Waals surface area contributed by atoms with Crippen molar-refractivity contribution in [2.75, 3.05) is 12.4 Å². The smallest absolute Gasteiger partial charge is 0.279 e. The van der Waals surface area contributed by atoms with E-state index in [1.165, 1.54) is 0 Å². The number of carbonyl (C=O) groups excluding carboxylic acids is 2. The van der Waals surface area contributed by atoms with Gasteiger partial charge >= 0.3 is 0 Å². The van der Waals surface area contributed by atoms with Crippen LogP contribution in [-0.2, 0) is 4.79 Å². The van der Waals surface area contributed by atoms with Crippen LogP contribution in [0.25, 0.3) is 0 Å². The number of hydrogen-bond acceptors (Lipinski definition) is 4. The van der Waals surface area contributed by atoms with Gasteiger partial charge in [-0.05, 0) is 12.8 Å². The molecule has 1 saturated heterocycles. The van der Waals surface area contributed by atoms with Crippen LogP contribution < -0.4 is 10.6 Å². The minimum Gasteiger partial charge on any atom is -0.396 e. The van der Waals surface area contributed by atoms with Crippen molar-refractivity contribution in [3.05, 3.63) is 0 Å². The van der Waals surface area contributed by atoms with Crippen LogP contribution in [0.4, 0.5) is 4.79 Å². The lowest BCUT2D eigenvalue weighted by molar-refractivity contribution is -0.123. The molecule has 0 aromatic carbocycles. The third-order valence-corrected chi connectivity index (χ3v) is 4.34. The number of carbonyl (C=O) groups is 2. The maximum absolute atomic E-state index is 11.9. The summed E-state index contributed by atoms with van der Waals surface area (Å²) in [5, 5.41) is 14.7. The Labute approximate surface area is 105 Å². The molecule has 2 rings (SSSR count). The molecule has 3 atom stereocenters. The molecule has 5 nitrogen and oxygen atoms in total. The molecular weight excluding hydrogens is 240 g/mol. The van der Waals surface area contributed by atoms with Crippen LogP contribution in [0.2, 0.25) is 0 Å². The van der Waals surface area contributed by atoms with Crippen LogP contribution >= 0.6 is 11.8 Å². The number of amides is 2. The molecule has 1 saturated carbocycles. The molecule has 0 bridgehead atoms. The lowest BCUT2D eigenvalue weighted by Crippen LogP contribution is -2.50. The van der Waals surface area contributed by atoms with Gasteiger partial charge in [0.05, 0.1) is 0 Å². The van der Waals surface area contributed by atoms with E-state index in [-0.39, 0.29) is 29.7 Å². The average Bonchev–Trinajstić information content (AvgIpc) is 2.77. The summed E-state index contributed by atoms with van der Waals surface area (Å²) in [6.07, 6.45) is 4.10. The molecule has 2 amide bonds. The van der Waals surface area contributed by atoms with Crippen molar-refractivity contribution in [2.24, 2.45) is 5.92 Å². The molecule has 96 valence electrons. The first-order valence-electron chi connectivity index (χ1n) is 6.05. The van der Waals surface area contributed by atoms with Crippen molar-refractivity contribution in [3.8, 4) is 0 Å². The summed E-state index contributed by atoms with van der Waals surface area (Å²) in [6.45, 7) is 0.122. The Morgan fingerprint density at radius 2 is 2.24 bits per heavy atom. The van der Waals surface area contributed by atoms with Gasteiger partial charge in [-0.2, -0.15) is 0 Å². The number of rotatable bonds is 3. The quantitative estimate of drug-likeness (QED) is 0.688. The Bertz CT molecular complexity index is 311. The van der Waals surface area contributed by atoms with Crippen molar-refractivity contribution in [2.45, 2.75) is 37.8 Å². The van der Waals surface area contributed by atoms with E-state index in [2.05, 4.69) is 10.6 Å². The Hall–Kier alpha value is -0.750. The fraction of sp³-hybridized carbons (Fsp3) is 0.818. The van der Waals surface area contributed by atoms with E-state index >= 15 is 0 Å². The van der Waals surface area contributed by atoms with Gasteiger partial charge in [0.1, 0.15) is 6.04 Å². The predicted molar refractivity (Wildman–Crippen MR) is 65.8 cm³/mol. The lowest BCUT2D eigenvalue weighted by Gasteiger charge is -2.31. The summed E-state index contributed by atoms with van der Waals surface area (Å²) in [7, 11) is 0.